The smallest absolute Gasteiger partial charge is 0.189 e. The summed E-state index contributed by atoms with van der Waals surface area (Å²) in [6, 6.07) is 16.1. The van der Waals surface area contributed by atoms with Crippen LogP contribution in [0.2, 0.25) is 0 Å². The summed E-state index contributed by atoms with van der Waals surface area (Å²) in [6.45, 7) is 3.73. The summed E-state index contributed by atoms with van der Waals surface area (Å²) in [5.74, 6) is 0. The number of aromatic nitrogens is 1. The molecule has 4 nitrogen and oxygen atoms in total. The van der Waals surface area contributed by atoms with Crippen LogP contribution >= 0.6 is 0 Å². The molecule has 0 saturated carbocycles. The number of benzene rings is 2. The fourth-order valence-electron chi connectivity index (χ4n) is 3.48. The van der Waals surface area contributed by atoms with Crippen LogP contribution in [0.4, 0.5) is 5.69 Å². The van der Waals surface area contributed by atoms with Crippen LogP contribution in [0.3, 0.4) is 0 Å². The topological polar surface area (TPSA) is 45.5 Å². The molecule has 0 aliphatic carbocycles. The molecule has 0 radical (unpaired) electrons. The van der Waals surface area contributed by atoms with Gasteiger partial charge in [0, 0.05) is 43.5 Å². The highest BCUT2D eigenvalue weighted by Crippen LogP contribution is 2.24. The van der Waals surface area contributed by atoms with Gasteiger partial charge in [-0.15, -0.1) is 0 Å². The van der Waals surface area contributed by atoms with E-state index in [1.807, 2.05) is 16.7 Å². The normalized spacial score (nSPS) is 11.0. The van der Waals surface area contributed by atoms with Crippen molar-refractivity contribution >= 4 is 16.6 Å². The second-order valence-electron chi connectivity index (χ2n) is 6.68. The first-order valence-corrected chi connectivity index (χ1v) is 9.16. The third-order valence-electron chi connectivity index (χ3n) is 4.74. The molecule has 0 saturated heterocycles. The quantitative estimate of drug-likeness (QED) is 0.710. The van der Waals surface area contributed by atoms with Gasteiger partial charge in [0.15, 0.2) is 5.43 Å². The molecule has 3 aromatic rings. The van der Waals surface area contributed by atoms with Crippen molar-refractivity contribution in [2.75, 3.05) is 25.1 Å². The third kappa shape index (κ3) is 3.81. The lowest BCUT2D eigenvalue weighted by Crippen LogP contribution is -2.19. The SMILES string of the molecule is CCCN(C)c1ccccc1Cc1ccc2c(c1)c(=O)ccn2CCO. The molecule has 0 spiro atoms. The number of aliphatic hydroxyl groups is 1. The average molecular weight is 350 g/mol. The van der Waals surface area contributed by atoms with E-state index in [4.69, 9.17) is 0 Å². The van der Waals surface area contributed by atoms with Gasteiger partial charge < -0.3 is 14.6 Å². The van der Waals surface area contributed by atoms with Crippen LogP contribution in [0, 0.1) is 0 Å². The van der Waals surface area contributed by atoms with Gasteiger partial charge in [-0.05, 0) is 42.2 Å². The largest absolute Gasteiger partial charge is 0.395 e. The predicted molar refractivity (Wildman–Crippen MR) is 108 cm³/mol. The Labute approximate surface area is 154 Å². The first kappa shape index (κ1) is 18.2. The lowest BCUT2D eigenvalue weighted by molar-refractivity contribution is 0.278. The lowest BCUT2D eigenvalue weighted by atomic mass is 10.0. The van der Waals surface area contributed by atoms with Crippen molar-refractivity contribution in [1.82, 2.24) is 4.57 Å². The highest BCUT2D eigenvalue weighted by Gasteiger charge is 2.09. The van der Waals surface area contributed by atoms with E-state index in [0.29, 0.717) is 11.9 Å². The van der Waals surface area contributed by atoms with Crippen LogP contribution in [0.5, 0.6) is 0 Å². The van der Waals surface area contributed by atoms with E-state index in [1.54, 1.807) is 12.3 Å². The van der Waals surface area contributed by atoms with Crippen molar-refractivity contribution in [2.45, 2.75) is 26.3 Å². The van der Waals surface area contributed by atoms with Crippen LogP contribution < -0.4 is 10.3 Å². The molecule has 136 valence electrons. The second kappa shape index (κ2) is 8.19. The van der Waals surface area contributed by atoms with Gasteiger partial charge in [-0.2, -0.15) is 0 Å². The molecule has 0 aliphatic heterocycles. The number of para-hydroxylation sites is 1. The van der Waals surface area contributed by atoms with Crippen molar-refractivity contribution in [3.8, 4) is 0 Å². The standard InChI is InChI=1S/C22H26N2O2/c1-3-11-23(2)20-7-5-4-6-18(20)15-17-8-9-21-19(16-17)22(26)10-12-24(21)13-14-25/h4-10,12,16,25H,3,11,13-15H2,1-2H3. The number of aliphatic hydroxyl groups excluding tert-OH is 1. The molecule has 0 amide bonds. The minimum atomic E-state index is 0.0208. The van der Waals surface area contributed by atoms with Crippen LogP contribution in [-0.4, -0.2) is 29.9 Å². The number of rotatable bonds is 7. The highest BCUT2D eigenvalue weighted by atomic mass is 16.3. The molecule has 3 rings (SSSR count). The maximum Gasteiger partial charge on any atom is 0.189 e. The lowest BCUT2D eigenvalue weighted by Gasteiger charge is -2.22. The Balaban J connectivity index is 1.98. The zero-order valence-electron chi connectivity index (χ0n) is 15.5. The Bertz CT molecular complexity index is 946. The fraction of sp³-hybridized carbons (Fsp3) is 0.318. The Hall–Kier alpha value is -2.59. The molecule has 2 aromatic carbocycles. The Kier molecular flexibility index (Phi) is 5.74. The number of pyridine rings is 1. The van der Waals surface area contributed by atoms with E-state index in [9.17, 15) is 9.90 Å². The molecule has 1 heterocycles. The summed E-state index contributed by atoms with van der Waals surface area (Å²) in [6.07, 6.45) is 3.63. The van der Waals surface area contributed by atoms with Gasteiger partial charge in [0.25, 0.3) is 0 Å². The van der Waals surface area contributed by atoms with Crippen LogP contribution in [0.25, 0.3) is 10.9 Å². The number of nitrogens with zero attached hydrogens (tertiary/aromatic N) is 2. The van der Waals surface area contributed by atoms with Gasteiger partial charge in [-0.3, -0.25) is 4.79 Å². The minimum absolute atomic E-state index is 0.0208. The van der Waals surface area contributed by atoms with Crippen LogP contribution in [-0.2, 0) is 13.0 Å². The minimum Gasteiger partial charge on any atom is -0.395 e. The molecule has 26 heavy (non-hydrogen) atoms. The third-order valence-corrected chi connectivity index (χ3v) is 4.74. The number of hydrogen-bond donors (Lipinski definition) is 1. The summed E-state index contributed by atoms with van der Waals surface area (Å²) >= 11 is 0. The monoisotopic (exact) mass is 350 g/mol. The first-order chi connectivity index (χ1) is 12.6. The zero-order chi connectivity index (χ0) is 18.5. The van der Waals surface area contributed by atoms with Gasteiger partial charge >= 0.3 is 0 Å². The molecule has 4 heteroatoms. The summed E-state index contributed by atoms with van der Waals surface area (Å²) in [7, 11) is 2.12. The number of fused-ring (bicyclic) bond motifs is 1. The molecular formula is C22H26N2O2. The van der Waals surface area contributed by atoms with Crippen molar-refractivity contribution in [2.24, 2.45) is 0 Å². The summed E-state index contributed by atoms with van der Waals surface area (Å²) < 4.78 is 1.92. The summed E-state index contributed by atoms with van der Waals surface area (Å²) in [4.78, 5) is 14.6. The molecule has 1 N–H and O–H groups in total. The fourth-order valence-corrected chi connectivity index (χ4v) is 3.48. The molecular weight excluding hydrogens is 324 g/mol. The van der Waals surface area contributed by atoms with E-state index < -0.39 is 0 Å². The number of hydrogen-bond acceptors (Lipinski definition) is 3. The maximum atomic E-state index is 12.3. The van der Waals surface area contributed by atoms with Gasteiger partial charge in [0.2, 0.25) is 0 Å². The molecule has 0 atom stereocenters. The molecule has 0 unspecified atom stereocenters. The van der Waals surface area contributed by atoms with E-state index in [2.05, 4.69) is 49.2 Å². The molecule has 0 bridgehead atoms. The Morgan fingerprint density at radius 3 is 2.69 bits per heavy atom. The maximum absolute atomic E-state index is 12.3. The van der Waals surface area contributed by atoms with Gasteiger partial charge in [-0.1, -0.05) is 31.2 Å². The number of anilines is 1. The average Bonchev–Trinajstić information content (AvgIpc) is 2.65. The van der Waals surface area contributed by atoms with Crippen molar-refractivity contribution < 1.29 is 5.11 Å². The van der Waals surface area contributed by atoms with E-state index >= 15 is 0 Å². The van der Waals surface area contributed by atoms with Gasteiger partial charge in [-0.25, -0.2) is 0 Å². The van der Waals surface area contributed by atoms with Gasteiger partial charge in [0.05, 0.1) is 12.1 Å². The predicted octanol–water partition coefficient (Wildman–Crippen LogP) is 3.43. The van der Waals surface area contributed by atoms with Crippen molar-refractivity contribution in [1.29, 1.82) is 0 Å². The summed E-state index contributed by atoms with van der Waals surface area (Å²) in [5.41, 5.74) is 4.50. The van der Waals surface area contributed by atoms with Gasteiger partial charge in [0.1, 0.15) is 0 Å². The van der Waals surface area contributed by atoms with Crippen molar-refractivity contribution in [3.63, 3.8) is 0 Å². The van der Waals surface area contributed by atoms with E-state index in [1.165, 1.54) is 11.3 Å². The molecule has 0 fully saturated rings. The second-order valence-corrected chi connectivity index (χ2v) is 6.68. The van der Waals surface area contributed by atoms with Crippen LogP contribution in [0.15, 0.2) is 59.5 Å². The highest BCUT2D eigenvalue weighted by molar-refractivity contribution is 5.79. The summed E-state index contributed by atoms with van der Waals surface area (Å²) in [5, 5.41) is 9.93. The van der Waals surface area contributed by atoms with Crippen molar-refractivity contribution in [3.05, 3.63) is 76.1 Å². The zero-order valence-corrected chi connectivity index (χ0v) is 15.5. The molecule has 1 aromatic heterocycles. The first-order valence-electron chi connectivity index (χ1n) is 9.16. The van der Waals surface area contributed by atoms with Crippen LogP contribution in [0.1, 0.15) is 24.5 Å². The Morgan fingerprint density at radius 2 is 1.92 bits per heavy atom. The van der Waals surface area contributed by atoms with E-state index in [-0.39, 0.29) is 12.0 Å². The van der Waals surface area contributed by atoms with E-state index in [0.717, 1.165) is 30.5 Å². The molecule has 0 aliphatic rings. The Morgan fingerprint density at radius 1 is 1.12 bits per heavy atom.